The number of hydrogen-bond acceptors (Lipinski definition) is 4. The second kappa shape index (κ2) is 5.06. The number of nitrogens with zero attached hydrogens (tertiary/aromatic N) is 3. The zero-order valence-corrected chi connectivity index (χ0v) is 11.2. The summed E-state index contributed by atoms with van der Waals surface area (Å²) in [6.45, 7) is 4.95. The van der Waals surface area contributed by atoms with E-state index >= 15 is 0 Å². The molecule has 0 spiro atoms. The van der Waals surface area contributed by atoms with Crippen LogP contribution in [0.3, 0.4) is 0 Å². The van der Waals surface area contributed by atoms with Crippen molar-refractivity contribution in [2.45, 2.75) is 26.0 Å². The maximum absolute atomic E-state index is 5.42. The summed E-state index contributed by atoms with van der Waals surface area (Å²) in [5.41, 5.74) is 2.41. The molecule has 1 aromatic rings. The van der Waals surface area contributed by atoms with E-state index in [0.717, 1.165) is 31.7 Å². The van der Waals surface area contributed by atoms with Crippen LogP contribution in [0.5, 0.6) is 0 Å². The van der Waals surface area contributed by atoms with Gasteiger partial charge in [-0.2, -0.15) is 5.10 Å². The van der Waals surface area contributed by atoms with Crippen molar-refractivity contribution in [2.24, 2.45) is 7.05 Å². The molecule has 5 nitrogen and oxygen atoms in total. The fourth-order valence-corrected chi connectivity index (χ4v) is 2.58. The first-order valence-electron chi connectivity index (χ1n) is 6.12. The summed E-state index contributed by atoms with van der Waals surface area (Å²) in [6.07, 6.45) is 1.45. The quantitative estimate of drug-likeness (QED) is 0.837. The van der Waals surface area contributed by atoms with Crippen molar-refractivity contribution >= 4 is 5.82 Å². The molecule has 1 aliphatic heterocycles. The largest absolute Gasteiger partial charge is 0.380 e. The van der Waals surface area contributed by atoms with Gasteiger partial charge in [-0.15, -0.1) is 0 Å². The number of hydrogen-bond donors (Lipinski definition) is 1. The van der Waals surface area contributed by atoms with Crippen LogP contribution in [0.15, 0.2) is 0 Å². The van der Waals surface area contributed by atoms with E-state index in [4.69, 9.17) is 4.74 Å². The number of anilines is 1. The molecule has 0 radical (unpaired) electrons. The molecule has 1 N–H and O–H groups in total. The van der Waals surface area contributed by atoms with Crippen LogP contribution < -0.4 is 10.2 Å². The standard InChI is InChI=1S/C12H22N4O/c1-9-11(7-13-2)12(15(3)14-9)16-6-5-10(8-16)17-4/h10,13H,5-8H2,1-4H3. The lowest BCUT2D eigenvalue weighted by molar-refractivity contribution is 0.121. The monoisotopic (exact) mass is 238 g/mol. The molecule has 1 aromatic heterocycles. The number of nitrogens with one attached hydrogen (secondary N) is 1. The zero-order valence-electron chi connectivity index (χ0n) is 11.2. The van der Waals surface area contributed by atoms with Crippen LogP contribution in [0.2, 0.25) is 0 Å². The van der Waals surface area contributed by atoms with Crippen LogP contribution in [0, 0.1) is 6.92 Å². The summed E-state index contributed by atoms with van der Waals surface area (Å²) < 4.78 is 7.41. The summed E-state index contributed by atoms with van der Waals surface area (Å²) in [5.74, 6) is 1.23. The molecule has 0 aromatic carbocycles. The van der Waals surface area contributed by atoms with Gasteiger partial charge in [-0.05, 0) is 20.4 Å². The minimum Gasteiger partial charge on any atom is -0.380 e. The molecule has 1 unspecified atom stereocenters. The summed E-state index contributed by atoms with van der Waals surface area (Å²) in [4.78, 5) is 2.38. The molecule has 5 heteroatoms. The Balaban J connectivity index is 2.25. The third-order valence-corrected chi connectivity index (χ3v) is 3.44. The van der Waals surface area contributed by atoms with Gasteiger partial charge in [0.15, 0.2) is 0 Å². The van der Waals surface area contributed by atoms with Crippen LogP contribution >= 0.6 is 0 Å². The van der Waals surface area contributed by atoms with Crippen LogP contribution in [-0.4, -0.2) is 43.1 Å². The molecule has 2 rings (SSSR count). The van der Waals surface area contributed by atoms with Crippen molar-refractivity contribution in [3.8, 4) is 0 Å². The maximum Gasteiger partial charge on any atom is 0.131 e. The van der Waals surface area contributed by atoms with Crippen LogP contribution in [0.4, 0.5) is 5.82 Å². The van der Waals surface area contributed by atoms with E-state index in [1.807, 2.05) is 18.8 Å². The minimum absolute atomic E-state index is 0.354. The average molecular weight is 238 g/mol. The van der Waals surface area contributed by atoms with E-state index in [1.54, 1.807) is 7.11 Å². The Labute approximate surface area is 103 Å². The highest BCUT2D eigenvalue weighted by atomic mass is 16.5. The molecular weight excluding hydrogens is 216 g/mol. The molecule has 0 saturated carbocycles. The first-order valence-corrected chi connectivity index (χ1v) is 6.12. The Hall–Kier alpha value is -1.07. The lowest BCUT2D eigenvalue weighted by atomic mass is 10.2. The van der Waals surface area contributed by atoms with Gasteiger partial charge in [0.05, 0.1) is 11.8 Å². The second-order valence-corrected chi connectivity index (χ2v) is 4.63. The lowest BCUT2D eigenvalue weighted by Gasteiger charge is -2.20. The summed E-state index contributed by atoms with van der Waals surface area (Å²) in [6, 6.07) is 0. The zero-order chi connectivity index (χ0) is 12.4. The first kappa shape index (κ1) is 12.4. The number of rotatable bonds is 4. The predicted molar refractivity (Wildman–Crippen MR) is 68.3 cm³/mol. The third kappa shape index (κ3) is 2.30. The molecule has 2 heterocycles. The highest BCUT2D eigenvalue weighted by Gasteiger charge is 2.27. The SMILES string of the molecule is CNCc1c(C)nn(C)c1N1CCC(OC)C1. The van der Waals surface area contributed by atoms with Crippen molar-refractivity contribution < 1.29 is 4.74 Å². The Morgan fingerprint density at radius 1 is 1.53 bits per heavy atom. The Morgan fingerprint density at radius 3 is 2.88 bits per heavy atom. The van der Waals surface area contributed by atoms with Crippen molar-refractivity contribution in [3.63, 3.8) is 0 Å². The van der Waals surface area contributed by atoms with Gasteiger partial charge in [0.2, 0.25) is 0 Å². The molecule has 0 aliphatic carbocycles. The molecule has 1 saturated heterocycles. The van der Waals surface area contributed by atoms with Crippen LogP contribution in [0.25, 0.3) is 0 Å². The molecule has 96 valence electrons. The smallest absolute Gasteiger partial charge is 0.131 e. The topological polar surface area (TPSA) is 42.3 Å². The van der Waals surface area contributed by atoms with E-state index in [9.17, 15) is 0 Å². The minimum atomic E-state index is 0.354. The van der Waals surface area contributed by atoms with Gasteiger partial charge in [-0.1, -0.05) is 0 Å². The van der Waals surface area contributed by atoms with Crippen LogP contribution in [-0.2, 0) is 18.3 Å². The molecule has 1 fully saturated rings. The van der Waals surface area contributed by atoms with Crippen molar-refractivity contribution in [1.29, 1.82) is 0 Å². The molecule has 0 amide bonds. The number of aryl methyl sites for hydroxylation is 2. The van der Waals surface area contributed by atoms with Gasteiger partial charge in [-0.25, -0.2) is 0 Å². The first-order chi connectivity index (χ1) is 8.17. The summed E-state index contributed by atoms with van der Waals surface area (Å²) in [5, 5.41) is 7.74. The Bertz CT molecular complexity index is 388. The van der Waals surface area contributed by atoms with Gasteiger partial charge in [0.1, 0.15) is 5.82 Å². The normalized spacial score (nSPS) is 20.2. The summed E-state index contributed by atoms with van der Waals surface area (Å²) >= 11 is 0. The van der Waals surface area contributed by atoms with Gasteiger partial charge in [0, 0.05) is 39.4 Å². The van der Waals surface area contributed by atoms with E-state index in [-0.39, 0.29) is 0 Å². The summed E-state index contributed by atoms with van der Waals surface area (Å²) in [7, 11) is 5.77. The van der Waals surface area contributed by atoms with Crippen molar-refractivity contribution in [3.05, 3.63) is 11.3 Å². The molecule has 1 aliphatic rings. The lowest BCUT2D eigenvalue weighted by Crippen LogP contribution is -2.26. The average Bonchev–Trinajstić information content (AvgIpc) is 2.85. The molecule has 0 bridgehead atoms. The van der Waals surface area contributed by atoms with Crippen molar-refractivity contribution in [1.82, 2.24) is 15.1 Å². The second-order valence-electron chi connectivity index (χ2n) is 4.63. The van der Waals surface area contributed by atoms with E-state index in [1.165, 1.54) is 11.4 Å². The van der Waals surface area contributed by atoms with E-state index in [0.29, 0.717) is 6.10 Å². The molecular formula is C12H22N4O. The molecule has 17 heavy (non-hydrogen) atoms. The van der Waals surface area contributed by atoms with Gasteiger partial charge < -0.3 is 15.0 Å². The van der Waals surface area contributed by atoms with Gasteiger partial charge >= 0.3 is 0 Å². The predicted octanol–water partition coefficient (Wildman–Crippen LogP) is 0.673. The molecule has 1 atom stereocenters. The Morgan fingerprint density at radius 2 is 2.29 bits per heavy atom. The van der Waals surface area contributed by atoms with E-state index in [2.05, 4.69) is 22.2 Å². The third-order valence-electron chi connectivity index (χ3n) is 3.44. The van der Waals surface area contributed by atoms with Gasteiger partial charge in [-0.3, -0.25) is 4.68 Å². The highest BCUT2D eigenvalue weighted by molar-refractivity contribution is 5.51. The fourth-order valence-electron chi connectivity index (χ4n) is 2.58. The maximum atomic E-state index is 5.42. The van der Waals surface area contributed by atoms with Crippen molar-refractivity contribution in [2.75, 3.05) is 32.1 Å². The highest BCUT2D eigenvalue weighted by Crippen LogP contribution is 2.27. The number of aromatic nitrogens is 2. The fraction of sp³-hybridized carbons (Fsp3) is 0.750. The number of methoxy groups -OCH3 is 1. The van der Waals surface area contributed by atoms with Gasteiger partial charge in [0.25, 0.3) is 0 Å². The Kier molecular flexibility index (Phi) is 3.69. The van der Waals surface area contributed by atoms with E-state index < -0.39 is 0 Å². The number of ether oxygens (including phenoxy) is 1. The van der Waals surface area contributed by atoms with Crippen LogP contribution in [0.1, 0.15) is 17.7 Å².